The average molecular weight is 161 g/mol. The largest absolute Gasteiger partial charge is 0.394 e. The molecule has 0 amide bonds. The third kappa shape index (κ3) is 1.21. The van der Waals surface area contributed by atoms with Gasteiger partial charge in [-0.15, -0.1) is 0 Å². The van der Waals surface area contributed by atoms with Gasteiger partial charge < -0.3 is 10.4 Å². The van der Waals surface area contributed by atoms with Gasteiger partial charge in [0, 0.05) is 5.69 Å². The molecular weight excluding hydrogens is 150 g/mol. The van der Waals surface area contributed by atoms with Crippen molar-refractivity contribution in [3.63, 3.8) is 0 Å². The van der Waals surface area contributed by atoms with Gasteiger partial charge in [-0.1, -0.05) is 30.4 Å². The summed E-state index contributed by atoms with van der Waals surface area (Å²) in [7, 11) is 0. The molecule has 0 radical (unpaired) electrons. The Morgan fingerprint density at radius 3 is 3.00 bits per heavy atom. The van der Waals surface area contributed by atoms with Crippen molar-refractivity contribution in [2.75, 3.05) is 11.9 Å². The van der Waals surface area contributed by atoms with E-state index < -0.39 is 0 Å². The maximum Gasteiger partial charge on any atom is 0.0679 e. The number of benzene rings is 1. The number of anilines is 1. The van der Waals surface area contributed by atoms with Crippen LogP contribution in [0.15, 0.2) is 30.3 Å². The van der Waals surface area contributed by atoms with Gasteiger partial charge in [-0.25, -0.2) is 0 Å². The van der Waals surface area contributed by atoms with E-state index in [1.807, 2.05) is 36.4 Å². The van der Waals surface area contributed by atoms with Crippen LogP contribution in [0.2, 0.25) is 0 Å². The van der Waals surface area contributed by atoms with Crippen molar-refractivity contribution in [1.82, 2.24) is 0 Å². The SMILES string of the molecule is OCC1C=Cc2ccccc2N1. The number of aliphatic hydroxyl groups excluding tert-OH is 1. The molecule has 0 spiro atoms. The third-order valence-corrected chi connectivity index (χ3v) is 2.01. The molecule has 0 bridgehead atoms. The summed E-state index contributed by atoms with van der Waals surface area (Å²) < 4.78 is 0. The fourth-order valence-electron chi connectivity index (χ4n) is 1.35. The summed E-state index contributed by atoms with van der Waals surface area (Å²) in [5.41, 5.74) is 2.28. The number of rotatable bonds is 1. The molecule has 2 rings (SSSR count). The molecule has 12 heavy (non-hydrogen) atoms. The van der Waals surface area contributed by atoms with Gasteiger partial charge in [-0.05, 0) is 11.6 Å². The van der Waals surface area contributed by atoms with E-state index in [-0.39, 0.29) is 12.6 Å². The first-order valence-corrected chi connectivity index (χ1v) is 4.05. The third-order valence-electron chi connectivity index (χ3n) is 2.01. The Bertz CT molecular complexity index is 306. The lowest BCUT2D eigenvalue weighted by Gasteiger charge is -2.19. The Morgan fingerprint density at radius 1 is 1.33 bits per heavy atom. The molecule has 2 nitrogen and oxygen atoms in total. The zero-order valence-corrected chi connectivity index (χ0v) is 6.70. The summed E-state index contributed by atoms with van der Waals surface area (Å²) in [6, 6.07) is 8.12. The van der Waals surface area contributed by atoms with Gasteiger partial charge in [0.15, 0.2) is 0 Å². The molecule has 2 N–H and O–H groups in total. The summed E-state index contributed by atoms with van der Waals surface area (Å²) in [6.45, 7) is 0.144. The first-order valence-electron chi connectivity index (χ1n) is 4.05. The van der Waals surface area contributed by atoms with E-state index in [9.17, 15) is 0 Å². The smallest absolute Gasteiger partial charge is 0.0679 e. The molecule has 2 heteroatoms. The first kappa shape index (κ1) is 7.37. The predicted molar refractivity (Wildman–Crippen MR) is 50.0 cm³/mol. The monoisotopic (exact) mass is 161 g/mol. The minimum atomic E-state index is 0.0694. The van der Waals surface area contributed by atoms with Crippen LogP contribution in [0.25, 0.3) is 6.08 Å². The molecule has 62 valence electrons. The van der Waals surface area contributed by atoms with Crippen molar-refractivity contribution in [3.05, 3.63) is 35.9 Å². The topological polar surface area (TPSA) is 32.3 Å². The Morgan fingerprint density at radius 2 is 2.17 bits per heavy atom. The highest BCUT2D eigenvalue weighted by Crippen LogP contribution is 2.21. The van der Waals surface area contributed by atoms with E-state index in [0.717, 1.165) is 5.69 Å². The fourth-order valence-corrected chi connectivity index (χ4v) is 1.35. The zero-order valence-electron chi connectivity index (χ0n) is 6.70. The van der Waals surface area contributed by atoms with Crippen LogP contribution in [0, 0.1) is 0 Å². The Labute approximate surface area is 71.5 Å². The molecule has 1 unspecified atom stereocenters. The predicted octanol–water partition coefficient (Wildman–Crippen LogP) is 1.49. The van der Waals surface area contributed by atoms with Crippen LogP contribution in [0.1, 0.15) is 5.56 Å². The molecular formula is C10H11NO. The van der Waals surface area contributed by atoms with Gasteiger partial charge in [-0.2, -0.15) is 0 Å². The summed E-state index contributed by atoms with van der Waals surface area (Å²) in [5.74, 6) is 0. The molecule has 1 aliphatic heterocycles. The zero-order chi connectivity index (χ0) is 8.39. The number of nitrogens with one attached hydrogen (secondary N) is 1. The van der Waals surface area contributed by atoms with E-state index in [4.69, 9.17) is 5.11 Å². The maximum atomic E-state index is 8.90. The van der Waals surface area contributed by atoms with E-state index in [1.165, 1.54) is 5.56 Å². The van der Waals surface area contributed by atoms with Crippen molar-refractivity contribution in [1.29, 1.82) is 0 Å². The van der Waals surface area contributed by atoms with Crippen molar-refractivity contribution in [3.8, 4) is 0 Å². The summed E-state index contributed by atoms with van der Waals surface area (Å²) in [5, 5.41) is 12.1. The highest BCUT2D eigenvalue weighted by Gasteiger charge is 2.09. The molecule has 0 fully saturated rings. The maximum absolute atomic E-state index is 8.90. The van der Waals surface area contributed by atoms with Crippen LogP contribution < -0.4 is 5.32 Å². The van der Waals surface area contributed by atoms with Crippen molar-refractivity contribution in [2.24, 2.45) is 0 Å². The lowest BCUT2D eigenvalue weighted by molar-refractivity contribution is 0.290. The molecule has 0 saturated carbocycles. The molecule has 1 heterocycles. The molecule has 1 atom stereocenters. The second-order valence-corrected chi connectivity index (χ2v) is 2.88. The lowest BCUT2D eigenvalue weighted by Crippen LogP contribution is -2.23. The highest BCUT2D eigenvalue weighted by molar-refractivity contribution is 5.70. The van der Waals surface area contributed by atoms with E-state index >= 15 is 0 Å². The number of fused-ring (bicyclic) bond motifs is 1. The van der Waals surface area contributed by atoms with Crippen LogP contribution in [-0.4, -0.2) is 17.8 Å². The molecule has 0 aliphatic carbocycles. The average Bonchev–Trinajstić information content (AvgIpc) is 2.17. The minimum absolute atomic E-state index is 0.0694. The molecule has 0 saturated heterocycles. The quantitative estimate of drug-likeness (QED) is 0.654. The summed E-state index contributed by atoms with van der Waals surface area (Å²) in [6.07, 6.45) is 4.01. The molecule has 1 aliphatic rings. The lowest BCUT2D eigenvalue weighted by atomic mass is 10.1. The van der Waals surface area contributed by atoms with Crippen LogP contribution >= 0.6 is 0 Å². The van der Waals surface area contributed by atoms with Crippen LogP contribution in [-0.2, 0) is 0 Å². The Hall–Kier alpha value is -1.28. The second kappa shape index (κ2) is 2.99. The van der Waals surface area contributed by atoms with Crippen LogP contribution in [0.5, 0.6) is 0 Å². The van der Waals surface area contributed by atoms with Crippen molar-refractivity contribution >= 4 is 11.8 Å². The number of para-hydroxylation sites is 1. The van der Waals surface area contributed by atoms with Gasteiger partial charge in [0.05, 0.1) is 12.6 Å². The summed E-state index contributed by atoms with van der Waals surface area (Å²) in [4.78, 5) is 0. The minimum Gasteiger partial charge on any atom is -0.394 e. The highest BCUT2D eigenvalue weighted by atomic mass is 16.3. The first-order chi connectivity index (χ1) is 5.90. The van der Waals surface area contributed by atoms with Crippen LogP contribution in [0.3, 0.4) is 0 Å². The number of aliphatic hydroxyl groups is 1. The van der Waals surface area contributed by atoms with E-state index in [1.54, 1.807) is 0 Å². The van der Waals surface area contributed by atoms with Gasteiger partial charge >= 0.3 is 0 Å². The molecule has 1 aromatic carbocycles. The van der Waals surface area contributed by atoms with Crippen molar-refractivity contribution < 1.29 is 5.11 Å². The second-order valence-electron chi connectivity index (χ2n) is 2.88. The van der Waals surface area contributed by atoms with E-state index in [2.05, 4.69) is 5.32 Å². The number of hydrogen-bond acceptors (Lipinski definition) is 2. The fraction of sp³-hybridized carbons (Fsp3) is 0.200. The van der Waals surface area contributed by atoms with Gasteiger partial charge in [0.1, 0.15) is 0 Å². The normalized spacial score (nSPS) is 19.9. The summed E-state index contributed by atoms with van der Waals surface area (Å²) >= 11 is 0. The van der Waals surface area contributed by atoms with E-state index in [0.29, 0.717) is 0 Å². The van der Waals surface area contributed by atoms with Gasteiger partial charge in [0.25, 0.3) is 0 Å². The van der Waals surface area contributed by atoms with Gasteiger partial charge in [-0.3, -0.25) is 0 Å². The van der Waals surface area contributed by atoms with Crippen molar-refractivity contribution in [2.45, 2.75) is 6.04 Å². The Kier molecular flexibility index (Phi) is 1.84. The van der Waals surface area contributed by atoms with Crippen LogP contribution in [0.4, 0.5) is 5.69 Å². The number of hydrogen-bond donors (Lipinski definition) is 2. The Balaban J connectivity index is 2.33. The molecule has 1 aromatic rings. The standard InChI is InChI=1S/C10H11NO/c12-7-9-6-5-8-3-1-2-4-10(8)11-9/h1-6,9,11-12H,7H2. The molecule has 0 aromatic heterocycles. The van der Waals surface area contributed by atoms with Gasteiger partial charge in [0.2, 0.25) is 0 Å².